The van der Waals surface area contributed by atoms with Gasteiger partial charge in [-0.05, 0) is 61.7 Å². The lowest BCUT2D eigenvalue weighted by atomic mass is 10.1. The molecule has 5 nitrogen and oxygen atoms in total. The van der Waals surface area contributed by atoms with E-state index in [1.54, 1.807) is 12.3 Å². The molecule has 0 spiro atoms. The van der Waals surface area contributed by atoms with Crippen LogP contribution >= 0.6 is 11.6 Å². The summed E-state index contributed by atoms with van der Waals surface area (Å²) in [7, 11) is 0. The van der Waals surface area contributed by atoms with Crippen molar-refractivity contribution in [1.29, 1.82) is 0 Å². The first-order valence-corrected chi connectivity index (χ1v) is 10.2. The topological polar surface area (TPSA) is 59.0 Å². The normalized spacial score (nSPS) is 14.4. The monoisotopic (exact) mass is 402 g/mol. The van der Waals surface area contributed by atoms with Crippen LogP contribution < -0.4 is 0 Å². The van der Waals surface area contributed by atoms with Crippen LogP contribution in [0.5, 0.6) is 0 Å². The smallest absolute Gasteiger partial charge is 0.253 e. The second-order valence-corrected chi connectivity index (χ2v) is 7.74. The minimum absolute atomic E-state index is 0.0764. The molecule has 1 amide bonds. The molecule has 0 N–H and O–H groups in total. The summed E-state index contributed by atoms with van der Waals surface area (Å²) in [5, 5.41) is 1.46. The van der Waals surface area contributed by atoms with E-state index in [1.807, 2.05) is 47.4 Å². The van der Waals surface area contributed by atoms with Crippen molar-refractivity contribution in [2.75, 3.05) is 13.1 Å². The summed E-state index contributed by atoms with van der Waals surface area (Å²) in [5.74, 6) is 0.0764. The van der Waals surface area contributed by atoms with Gasteiger partial charge in [0.1, 0.15) is 5.15 Å². The number of pyridine rings is 1. The quantitative estimate of drug-likeness (QED) is 0.436. The average molecular weight is 403 g/mol. The molecule has 0 aliphatic carbocycles. The SMILES string of the molecule is O=C(c1ccc2ncc(-c3ccc4nc(Cl)ccc4c3)nc2c1)N1CCCCC1. The number of nitrogens with zero attached hydrogens (tertiary/aromatic N) is 4. The highest BCUT2D eigenvalue weighted by atomic mass is 35.5. The Kier molecular flexibility index (Phi) is 4.60. The number of rotatable bonds is 2. The van der Waals surface area contributed by atoms with Crippen molar-refractivity contribution in [3.63, 3.8) is 0 Å². The number of halogens is 1. The zero-order valence-electron chi connectivity index (χ0n) is 15.8. The molecule has 2 aromatic carbocycles. The molecule has 1 aliphatic rings. The van der Waals surface area contributed by atoms with Crippen LogP contribution in [0.4, 0.5) is 0 Å². The summed E-state index contributed by atoms with van der Waals surface area (Å²) in [6.45, 7) is 1.66. The van der Waals surface area contributed by atoms with Crippen LogP contribution in [-0.2, 0) is 0 Å². The Labute approximate surface area is 173 Å². The maximum Gasteiger partial charge on any atom is 0.253 e. The summed E-state index contributed by atoms with van der Waals surface area (Å²) in [4.78, 5) is 28.4. The Morgan fingerprint density at radius 2 is 1.69 bits per heavy atom. The molecule has 1 aliphatic heterocycles. The number of hydrogen-bond acceptors (Lipinski definition) is 4. The molecule has 4 aromatic rings. The van der Waals surface area contributed by atoms with E-state index in [9.17, 15) is 4.79 Å². The fourth-order valence-corrected chi connectivity index (χ4v) is 3.98. The van der Waals surface area contributed by atoms with Crippen LogP contribution in [0.2, 0.25) is 5.15 Å². The van der Waals surface area contributed by atoms with Crippen molar-refractivity contribution in [2.45, 2.75) is 19.3 Å². The lowest BCUT2D eigenvalue weighted by molar-refractivity contribution is 0.0724. The molecule has 0 radical (unpaired) electrons. The molecule has 29 heavy (non-hydrogen) atoms. The van der Waals surface area contributed by atoms with E-state index in [2.05, 4.69) is 9.97 Å². The first-order valence-electron chi connectivity index (χ1n) is 9.80. The number of hydrogen-bond donors (Lipinski definition) is 0. The van der Waals surface area contributed by atoms with Crippen molar-refractivity contribution >= 4 is 39.4 Å². The summed E-state index contributed by atoms with van der Waals surface area (Å²) in [5.41, 5.74) is 4.71. The van der Waals surface area contributed by atoms with Gasteiger partial charge in [0.25, 0.3) is 5.91 Å². The molecular weight excluding hydrogens is 384 g/mol. The predicted octanol–water partition coefficient (Wildman–Crippen LogP) is 5.12. The molecule has 3 heterocycles. The summed E-state index contributed by atoms with van der Waals surface area (Å²) in [6.07, 6.45) is 5.11. The highest BCUT2D eigenvalue weighted by molar-refractivity contribution is 6.29. The molecule has 0 atom stereocenters. The zero-order valence-corrected chi connectivity index (χ0v) is 16.6. The third-order valence-electron chi connectivity index (χ3n) is 5.38. The molecule has 0 saturated carbocycles. The minimum Gasteiger partial charge on any atom is -0.339 e. The predicted molar refractivity (Wildman–Crippen MR) is 115 cm³/mol. The van der Waals surface area contributed by atoms with Crippen LogP contribution in [0.15, 0.2) is 54.7 Å². The van der Waals surface area contributed by atoms with Crippen molar-refractivity contribution in [2.24, 2.45) is 0 Å². The molecule has 1 fully saturated rings. The minimum atomic E-state index is 0.0764. The van der Waals surface area contributed by atoms with Gasteiger partial charge in [0, 0.05) is 29.6 Å². The number of carbonyl (C=O) groups is 1. The van der Waals surface area contributed by atoms with Crippen LogP contribution in [0.25, 0.3) is 33.2 Å². The van der Waals surface area contributed by atoms with Crippen LogP contribution in [-0.4, -0.2) is 38.8 Å². The van der Waals surface area contributed by atoms with Gasteiger partial charge >= 0.3 is 0 Å². The standard InChI is InChI=1S/C23H19ClN4O/c24-22-9-6-15-12-16(4-7-18(15)27-22)21-14-25-19-8-5-17(13-20(19)26-21)23(29)28-10-2-1-3-11-28/h4-9,12-14H,1-3,10-11H2. The molecule has 2 aromatic heterocycles. The number of fused-ring (bicyclic) bond motifs is 2. The Morgan fingerprint density at radius 3 is 2.55 bits per heavy atom. The number of aromatic nitrogens is 3. The van der Waals surface area contributed by atoms with E-state index < -0.39 is 0 Å². The number of benzene rings is 2. The second kappa shape index (κ2) is 7.41. The average Bonchev–Trinajstić information content (AvgIpc) is 2.78. The molecule has 144 valence electrons. The molecule has 0 bridgehead atoms. The van der Waals surface area contributed by atoms with E-state index >= 15 is 0 Å². The second-order valence-electron chi connectivity index (χ2n) is 7.35. The Hall–Kier alpha value is -3.05. The Bertz CT molecular complexity index is 1230. The first kappa shape index (κ1) is 18.0. The molecule has 0 unspecified atom stereocenters. The van der Waals surface area contributed by atoms with E-state index in [-0.39, 0.29) is 5.91 Å². The Morgan fingerprint density at radius 1 is 0.862 bits per heavy atom. The van der Waals surface area contributed by atoms with Crippen molar-refractivity contribution in [3.8, 4) is 11.3 Å². The summed E-state index contributed by atoms with van der Waals surface area (Å²) in [6, 6.07) is 15.2. The van der Waals surface area contributed by atoms with E-state index in [0.717, 1.165) is 59.1 Å². The van der Waals surface area contributed by atoms with Gasteiger partial charge in [-0.15, -0.1) is 0 Å². The number of carbonyl (C=O) groups excluding carboxylic acids is 1. The van der Waals surface area contributed by atoms with Gasteiger partial charge in [-0.1, -0.05) is 17.7 Å². The third-order valence-corrected chi connectivity index (χ3v) is 5.59. The number of likely N-dealkylation sites (tertiary alicyclic amines) is 1. The lowest BCUT2D eigenvalue weighted by Gasteiger charge is -2.26. The van der Waals surface area contributed by atoms with Crippen molar-refractivity contribution < 1.29 is 4.79 Å². The first-order chi connectivity index (χ1) is 14.2. The lowest BCUT2D eigenvalue weighted by Crippen LogP contribution is -2.35. The highest BCUT2D eigenvalue weighted by Gasteiger charge is 2.18. The van der Waals surface area contributed by atoms with Gasteiger partial charge in [-0.25, -0.2) is 9.97 Å². The zero-order chi connectivity index (χ0) is 19.8. The molecule has 1 saturated heterocycles. The fourth-order valence-electron chi connectivity index (χ4n) is 3.82. The van der Waals surface area contributed by atoms with Crippen LogP contribution in [0, 0.1) is 0 Å². The maximum absolute atomic E-state index is 12.8. The largest absolute Gasteiger partial charge is 0.339 e. The third kappa shape index (κ3) is 3.54. The van der Waals surface area contributed by atoms with Gasteiger partial charge in [0.2, 0.25) is 0 Å². The van der Waals surface area contributed by atoms with Gasteiger partial charge < -0.3 is 4.90 Å². The van der Waals surface area contributed by atoms with Crippen LogP contribution in [0.3, 0.4) is 0 Å². The van der Waals surface area contributed by atoms with Gasteiger partial charge in [-0.2, -0.15) is 0 Å². The van der Waals surface area contributed by atoms with E-state index in [4.69, 9.17) is 16.6 Å². The maximum atomic E-state index is 12.8. The van der Waals surface area contributed by atoms with Gasteiger partial charge in [0.15, 0.2) is 0 Å². The van der Waals surface area contributed by atoms with Crippen molar-refractivity contribution in [3.05, 3.63) is 65.4 Å². The molecule has 5 rings (SSSR count). The van der Waals surface area contributed by atoms with Crippen LogP contribution in [0.1, 0.15) is 29.6 Å². The van der Waals surface area contributed by atoms with Crippen molar-refractivity contribution in [1.82, 2.24) is 19.9 Å². The highest BCUT2D eigenvalue weighted by Crippen LogP contribution is 2.25. The molecule has 6 heteroatoms. The van der Waals surface area contributed by atoms with E-state index in [0.29, 0.717) is 10.7 Å². The van der Waals surface area contributed by atoms with Gasteiger partial charge in [0.05, 0.1) is 28.4 Å². The van der Waals surface area contributed by atoms with Gasteiger partial charge in [-0.3, -0.25) is 9.78 Å². The number of amides is 1. The number of piperidine rings is 1. The van der Waals surface area contributed by atoms with E-state index in [1.165, 1.54) is 6.42 Å². The summed E-state index contributed by atoms with van der Waals surface area (Å²) >= 11 is 5.97. The summed E-state index contributed by atoms with van der Waals surface area (Å²) < 4.78 is 0. The molecular formula is C23H19ClN4O. The Balaban J connectivity index is 1.52. The fraction of sp³-hybridized carbons (Fsp3) is 0.217.